The van der Waals surface area contributed by atoms with E-state index in [-0.39, 0.29) is 5.82 Å². The Labute approximate surface area is 120 Å². The molecule has 0 aromatic heterocycles. The smallest absolute Gasteiger partial charge is 0.165 e. The van der Waals surface area contributed by atoms with Gasteiger partial charge in [-0.05, 0) is 30.8 Å². The van der Waals surface area contributed by atoms with Crippen LogP contribution in [0, 0.1) is 5.82 Å². The van der Waals surface area contributed by atoms with Gasteiger partial charge in [-0.3, -0.25) is 0 Å². The molecule has 19 heavy (non-hydrogen) atoms. The Hall–Kier alpha value is -1.39. The van der Waals surface area contributed by atoms with Crippen molar-refractivity contribution in [1.82, 2.24) is 5.32 Å². The molecular weight excluding hydrogens is 309 g/mol. The average molecular weight is 324 g/mol. The summed E-state index contributed by atoms with van der Waals surface area (Å²) in [6.45, 7) is 0.919. The normalized spacial score (nSPS) is 10.5. The predicted octanol–water partition coefficient (Wildman–Crippen LogP) is 3.89. The van der Waals surface area contributed by atoms with Gasteiger partial charge in [-0.25, -0.2) is 4.39 Å². The van der Waals surface area contributed by atoms with E-state index in [0.717, 1.165) is 15.6 Å². The summed E-state index contributed by atoms with van der Waals surface area (Å²) in [5.74, 6) is -0.0143. The van der Waals surface area contributed by atoms with E-state index in [4.69, 9.17) is 4.74 Å². The number of benzene rings is 2. The molecule has 0 bridgehead atoms. The van der Waals surface area contributed by atoms with Crippen molar-refractivity contribution in [2.75, 3.05) is 7.05 Å². The number of nitrogens with one attached hydrogen (secondary N) is 1. The van der Waals surface area contributed by atoms with Gasteiger partial charge in [-0.1, -0.05) is 40.2 Å². The number of ether oxygens (including phenoxy) is 1. The van der Waals surface area contributed by atoms with E-state index in [2.05, 4.69) is 21.2 Å². The maximum Gasteiger partial charge on any atom is 0.165 e. The highest BCUT2D eigenvalue weighted by molar-refractivity contribution is 9.10. The topological polar surface area (TPSA) is 21.3 Å². The minimum atomic E-state index is -0.331. The van der Waals surface area contributed by atoms with E-state index in [1.165, 1.54) is 6.07 Å². The van der Waals surface area contributed by atoms with Crippen LogP contribution in [0.3, 0.4) is 0 Å². The van der Waals surface area contributed by atoms with Gasteiger partial charge < -0.3 is 10.1 Å². The van der Waals surface area contributed by atoms with Crippen LogP contribution < -0.4 is 10.1 Å². The van der Waals surface area contributed by atoms with Crippen molar-refractivity contribution in [3.63, 3.8) is 0 Å². The molecule has 4 heteroatoms. The third-order valence-electron chi connectivity index (χ3n) is 2.69. The molecule has 0 aliphatic rings. The second kappa shape index (κ2) is 6.68. The summed E-state index contributed by atoms with van der Waals surface area (Å²) in [5.41, 5.74) is 1.81. The van der Waals surface area contributed by atoms with Gasteiger partial charge in [0.1, 0.15) is 6.61 Å². The lowest BCUT2D eigenvalue weighted by atomic mass is 10.2. The fourth-order valence-electron chi connectivity index (χ4n) is 1.83. The summed E-state index contributed by atoms with van der Waals surface area (Å²) in [6.07, 6.45) is 0. The van der Waals surface area contributed by atoms with Gasteiger partial charge in [-0.15, -0.1) is 0 Å². The van der Waals surface area contributed by atoms with Crippen LogP contribution in [-0.2, 0) is 13.2 Å². The summed E-state index contributed by atoms with van der Waals surface area (Å²) in [6, 6.07) is 12.7. The fourth-order valence-corrected chi connectivity index (χ4v) is 2.27. The van der Waals surface area contributed by atoms with E-state index in [0.29, 0.717) is 18.9 Å². The maximum atomic E-state index is 13.8. The van der Waals surface area contributed by atoms with Crippen molar-refractivity contribution in [2.45, 2.75) is 13.2 Å². The molecule has 0 saturated heterocycles. The molecule has 0 spiro atoms. The Morgan fingerprint density at radius 2 is 2.00 bits per heavy atom. The van der Waals surface area contributed by atoms with E-state index in [9.17, 15) is 4.39 Å². The summed E-state index contributed by atoms with van der Waals surface area (Å²) < 4.78 is 20.4. The standard InChI is InChI=1S/C15H15BrFNO/c1-18-9-12-5-3-7-14(17)15(12)19-10-11-4-2-6-13(16)8-11/h2-8,18H,9-10H2,1H3. The minimum absolute atomic E-state index is 0.317. The van der Waals surface area contributed by atoms with Crippen LogP contribution in [0.1, 0.15) is 11.1 Å². The zero-order chi connectivity index (χ0) is 13.7. The lowest BCUT2D eigenvalue weighted by molar-refractivity contribution is 0.286. The van der Waals surface area contributed by atoms with E-state index < -0.39 is 0 Å². The first-order chi connectivity index (χ1) is 9.20. The largest absolute Gasteiger partial charge is 0.485 e. The van der Waals surface area contributed by atoms with Crippen molar-refractivity contribution in [3.8, 4) is 5.75 Å². The van der Waals surface area contributed by atoms with Crippen LogP contribution in [0.25, 0.3) is 0 Å². The SMILES string of the molecule is CNCc1cccc(F)c1OCc1cccc(Br)c1. The Bertz CT molecular complexity index is 560. The van der Waals surface area contributed by atoms with Gasteiger partial charge in [-0.2, -0.15) is 0 Å². The highest BCUT2D eigenvalue weighted by Crippen LogP contribution is 2.24. The molecule has 2 nitrogen and oxygen atoms in total. The van der Waals surface area contributed by atoms with Crippen LogP contribution >= 0.6 is 15.9 Å². The van der Waals surface area contributed by atoms with Crippen LogP contribution in [0.4, 0.5) is 4.39 Å². The molecule has 0 aliphatic carbocycles. The van der Waals surface area contributed by atoms with Gasteiger partial charge in [0.2, 0.25) is 0 Å². The fraction of sp³-hybridized carbons (Fsp3) is 0.200. The Morgan fingerprint density at radius 1 is 1.21 bits per heavy atom. The molecule has 100 valence electrons. The molecule has 0 heterocycles. The molecule has 0 fully saturated rings. The first-order valence-corrected chi connectivity index (χ1v) is 6.79. The van der Waals surface area contributed by atoms with Crippen molar-refractivity contribution in [2.24, 2.45) is 0 Å². The summed E-state index contributed by atoms with van der Waals surface area (Å²) in [4.78, 5) is 0. The van der Waals surface area contributed by atoms with Crippen molar-refractivity contribution < 1.29 is 9.13 Å². The second-order valence-electron chi connectivity index (χ2n) is 4.18. The van der Waals surface area contributed by atoms with Gasteiger partial charge in [0.15, 0.2) is 11.6 Å². The quantitative estimate of drug-likeness (QED) is 0.901. The molecule has 0 saturated carbocycles. The van der Waals surface area contributed by atoms with Gasteiger partial charge in [0.25, 0.3) is 0 Å². The molecule has 2 aromatic rings. The number of para-hydroxylation sites is 1. The molecular formula is C15H15BrFNO. The van der Waals surface area contributed by atoms with Crippen molar-refractivity contribution in [1.29, 1.82) is 0 Å². The highest BCUT2D eigenvalue weighted by Gasteiger charge is 2.09. The van der Waals surface area contributed by atoms with Crippen LogP contribution in [0.5, 0.6) is 5.75 Å². The first-order valence-electron chi connectivity index (χ1n) is 6.00. The number of halogens is 2. The van der Waals surface area contributed by atoms with Gasteiger partial charge >= 0.3 is 0 Å². The van der Waals surface area contributed by atoms with Crippen LogP contribution in [0.2, 0.25) is 0 Å². The summed E-state index contributed by atoms with van der Waals surface area (Å²) in [7, 11) is 1.82. The third kappa shape index (κ3) is 3.78. The summed E-state index contributed by atoms with van der Waals surface area (Å²) >= 11 is 3.40. The van der Waals surface area contributed by atoms with Crippen LogP contribution in [0.15, 0.2) is 46.9 Å². The molecule has 0 aliphatic heterocycles. The molecule has 2 aromatic carbocycles. The molecule has 0 radical (unpaired) electrons. The molecule has 0 unspecified atom stereocenters. The zero-order valence-electron chi connectivity index (χ0n) is 10.6. The number of rotatable bonds is 5. The summed E-state index contributed by atoms with van der Waals surface area (Å²) in [5, 5.41) is 3.00. The Morgan fingerprint density at radius 3 is 2.74 bits per heavy atom. The monoisotopic (exact) mass is 323 g/mol. The zero-order valence-corrected chi connectivity index (χ0v) is 12.2. The third-order valence-corrected chi connectivity index (χ3v) is 3.18. The van der Waals surface area contributed by atoms with Crippen molar-refractivity contribution in [3.05, 3.63) is 63.9 Å². The van der Waals surface area contributed by atoms with E-state index >= 15 is 0 Å². The minimum Gasteiger partial charge on any atom is -0.485 e. The van der Waals surface area contributed by atoms with E-state index in [1.54, 1.807) is 6.07 Å². The van der Waals surface area contributed by atoms with Crippen molar-refractivity contribution >= 4 is 15.9 Å². The molecule has 2 rings (SSSR count). The maximum absolute atomic E-state index is 13.8. The highest BCUT2D eigenvalue weighted by atomic mass is 79.9. The van der Waals surface area contributed by atoms with Gasteiger partial charge in [0.05, 0.1) is 0 Å². The predicted molar refractivity (Wildman–Crippen MR) is 77.6 cm³/mol. The number of hydrogen-bond acceptors (Lipinski definition) is 2. The average Bonchev–Trinajstić information content (AvgIpc) is 2.38. The molecule has 1 N–H and O–H groups in total. The van der Waals surface area contributed by atoms with Crippen LogP contribution in [-0.4, -0.2) is 7.05 Å². The Kier molecular flexibility index (Phi) is 4.93. The second-order valence-corrected chi connectivity index (χ2v) is 5.09. The van der Waals surface area contributed by atoms with Gasteiger partial charge in [0, 0.05) is 16.6 Å². The number of hydrogen-bond donors (Lipinski definition) is 1. The molecule has 0 amide bonds. The Balaban J connectivity index is 2.14. The first kappa shape index (κ1) is 14.0. The molecule has 0 atom stereocenters. The lowest BCUT2D eigenvalue weighted by Crippen LogP contribution is -2.08. The lowest BCUT2D eigenvalue weighted by Gasteiger charge is -2.12. The van der Waals surface area contributed by atoms with E-state index in [1.807, 2.05) is 37.4 Å².